The van der Waals surface area contributed by atoms with Crippen LogP contribution in [-0.4, -0.2) is 25.3 Å². The van der Waals surface area contributed by atoms with Crippen LogP contribution in [0.2, 0.25) is 0 Å². The Kier molecular flexibility index (Phi) is 4.34. The molecule has 0 radical (unpaired) electrons. The largest absolute Gasteiger partial charge is 0.475 e. The standard InChI is InChI=1S/C13H20N2O2/c1-16-6-7-17-13-11(9-14)8-10-4-2-3-5-12(10)15-13/h8H,2-7,9,14H2,1H3. The molecule has 1 heterocycles. The number of hydrogen-bond acceptors (Lipinski definition) is 4. The number of ether oxygens (including phenoxy) is 2. The molecule has 0 atom stereocenters. The molecule has 0 fully saturated rings. The van der Waals surface area contributed by atoms with Crippen molar-refractivity contribution < 1.29 is 9.47 Å². The molecule has 94 valence electrons. The van der Waals surface area contributed by atoms with E-state index in [0.717, 1.165) is 18.4 Å². The van der Waals surface area contributed by atoms with Gasteiger partial charge in [0, 0.05) is 24.9 Å². The zero-order valence-electron chi connectivity index (χ0n) is 10.4. The molecule has 0 bridgehead atoms. The smallest absolute Gasteiger partial charge is 0.218 e. The summed E-state index contributed by atoms with van der Waals surface area (Å²) in [6, 6.07) is 2.16. The van der Waals surface area contributed by atoms with E-state index in [9.17, 15) is 0 Å². The number of nitrogens with two attached hydrogens (primary N) is 1. The van der Waals surface area contributed by atoms with Gasteiger partial charge in [0.15, 0.2) is 0 Å². The van der Waals surface area contributed by atoms with Crippen LogP contribution in [0.25, 0.3) is 0 Å². The van der Waals surface area contributed by atoms with Gasteiger partial charge in [0.1, 0.15) is 6.61 Å². The molecule has 0 aliphatic heterocycles. The first-order valence-corrected chi connectivity index (χ1v) is 6.18. The quantitative estimate of drug-likeness (QED) is 0.786. The Balaban J connectivity index is 2.17. The molecule has 1 aliphatic carbocycles. The number of aromatic nitrogens is 1. The van der Waals surface area contributed by atoms with E-state index in [1.807, 2.05) is 0 Å². The van der Waals surface area contributed by atoms with Gasteiger partial charge in [-0.2, -0.15) is 0 Å². The van der Waals surface area contributed by atoms with E-state index in [0.29, 0.717) is 25.6 Å². The van der Waals surface area contributed by atoms with Gasteiger partial charge in [-0.3, -0.25) is 0 Å². The van der Waals surface area contributed by atoms with Crippen molar-refractivity contribution in [1.29, 1.82) is 0 Å². The molecule has 4 nitrogen and oxygen atoms in total. The summed E-state index contributed by atoms with van der Waals surface area (Å²) in [5, 5.41) is 0. The number of hydrogen-bond donors (Lipinski definition) is 1. The fourth-order valence-electron chi connectivity index (χ4n) is 2.16. The van der Waals surface area contributed by atoms with Crippen molar-refractivity contribution in [1.82, 2.24) is 4.98 Å². The normalized spacial score (nSPS) is 14.5. The molecule has 0 unspecified atom stereocenters. The molecule has 0 saturated carbocycles. The van der Waals surface area contributed by atoms with E-state index in [-0.39, 0.29) is 0 Å². The third-order valence-corrected chi connectivity index (χ3v) is 3.09. The van der Waals surface area contributed by atoms with Crippen molar-refractivity contribution >= 4 is 0 Å². The highest BCUT2D eigenvalue weighted by atomic mass is 16.5. The zero-order chi connectivity index (χ0) is 12.1. The number of fused-ring (bicyclic) bond motifs is 1. The summed E-state index contributed by atoms with van der Waals surface area (Å²) < 4.78 is 10.6. The Morgan fingerprint density at radius 1 is 1.29 bits per heavy atom. The van der Waals surface area contributed by atoms with Crippen LogP contribution in [0.3, 0.4) is 0 Å². The second kappa shape index (κ2) is 5.98. The SMILES string of the molecule is COCCOc1nc2c(cc1CN)CCCC2. The Bertz CT molecular complexity index is 380. The Morgan fingerprint density at radius 2 is 2.12 bits per heavy atom. The van der Waals surface area contributed by atoms with Crippen molar-refractivity contribution in [2.75, 3.05) is 20.3 Å². The number of methoxy groups -OCH3 is 1. The first-order valence-electron chi connectivity index (χ1n) is 6.18. The monoisotopic (exact) mass is 236 g/mol. The molecule has 2 rings (SSSR count). The minimum Gasteiger partial charge on any atom is -0.475 e. The van der Waals surface area contributed by atoms with Crippen LogP contribution >= 0.6 is 0 Å². The summed E-state index contributed by atoms with van der Waals surface area (Å²) in [6.45, 7) is 1.57. The average Bonchev–Trinajstić information content (AvgIpc) is 2.38. The molecule has 17 heavy (non-hydrogen) atoms. The molecule has 0 saturated heterocycles. The van der Waals surface area contributed by atoms with Crippen molar-refractivity contribution in [2.24, 2.45) is 5.73 Å². The highest BCUT2D eigenvalue weighted by Crippen LogP contribution is 2.25. The summed E-state index contributed by atoms with van der Waals surface area (Å²) in [4.78, 5) is 4.60. The van der Waals surface area contributed by atoms with Crippen LogP contribution in [-0.2, 0) is 24.1 Å². The minimum atomic E-state index is 0.475. The van der Waals surface area contributed by atoms with Gasteiger partial charge in [-0.15, -0.1) is 0 Å². The van der Waals surface area contributed by atoms with Crippen LogP contribution in [0.15, 0.2) is 6.07 Å². The maximum atomic E-state index is 5.74. The summed E-state index contributed by atoms with van der Waals surface area (Å²) in [7, 11) is 1.66. The molecule has 1 aromatic rings. The van der Waals surface area contributed by atoms with Crippen LogP contribution in [0.1, 0.15) is 29.7 Å². The van der Waals surface area contributed by atoms with Crippen LogP contribution in [0, 0.1) is 0 Å². The highest BCUT2D eigenvalue weighted by molar-refractivity contribution is 5.35. The fourth-order valence-corrected chi connectivity index (χ4v) is 2.16. The summed E-state index contributed by atoms with van der Waals surface area (Å²) in [6.07, 6.45) is 4.65. The van der Waals surface area contributed by atoms with Crippen LogP contribution in [0.5, 0.6) is 5.88 Å². The van der Waals surface area contributed by atoms with E-state index in [1.165, 1.54) is 24.1 Å². The molecular weight excluding hydrogens is 216 g/mol. The van der Waals surface area contributed by atoms with Crippen LogP contribution in [0.4, 0.5) is 0 Å². The average molecular weight is 236 g/mol. The van der Waals surface area contributed by atoms with E-state index >= 15 is 0 Å². The molecule has 1 aromatic heterocycles. The summed E-state index contributed by atoms with van der Waals surface area (Å²) in [5.41, 5.74) is 9.26. The van der Waals surface area contributed by atoms with Crippen LogP contribution < -0.4 is 10.5 Å². The fraction of sp³-hybridized carbons (Fsp3) is 0.615. The molecule has 1 aliphatic rings. The second-order valence-corrected chi connectivity index (χ2v) is 4.31. The molecule has 0 aromatic carbocycles. The number of nitrogens with zero attached hydrogens (tertiary/aromatic N) is 1. The Hall–Kier alpha value is -1.13. The van der Waals surface area contributed by atoms with Crippen molar-refractivity contribution in [3.63, 3.8) is 0 Å². The lowest BCUT2D eigenvalue weighted by Crippen LogP contribution is -2.13. The number of rotatable bonds is 5. The lowest BCUT2D eigenvalue weighted by atomic mass is 9.95. The number of pyridine rings is 1. The lowest BCUT2D eigenvalue weighted by molar-refractivity contribution is 0.143. The third kappa shape index (κ3) is 2.96. The topological polar surface area (TPSA) is 57.4 Å². The first-order chi connectivity index (χ1) is 8.35. The maximum absolute atomic E-state index is 5.74. The van der Waals surface area contributed by atoms with Gasteiger partial charge < -0.3 is 15.2 Å². The summed E-state index contributed by atoms with van der Waals surface area (Å²) >= 11 is 0. The van der Waals surface area contributed by atoms with Gasteiger partial charge >= 0.3 is 0 Å². The van der Waals surface area contributed by atoms with E-state index < -0.39 is 0 Å². The van der Waals surface area contributed by atoms with Gasteiger partial charge in [0.2, 0.25) is 5.88 Å². The minimum absolute atomic E-state index is 0.475. The predicted octanol–water partition coefficient (Wildman–Crippen LogP) is 1.44. The van der Waals surface area contributed by atoms with Crippen molar-refractivity contribution in [3.8, 4) is 5.88 Å². The molecule has 2 N–H and O–H groups in total. The first kappa shape index (κ1) is 12.3. The van der Waals surface area contributed by atoms with E-state index in [1.54, 1.807) is 7.11 Å². The number of aryl methyl sites for hydroxylation is 2. The Morgan fingerprint density at radius 3 is 2.88 bits per heavy atom. The van der Waals surface area contributed by atoms with Gasteiger partial charge in [-0.1, -0.05) is 0 Å². The summed E-state index contributed by atoms with van der Waals surface area (Å²) in [5.74, 6) is 0.685. The van der Waals surface area contributed by atoms with Crippen molar-refractivity contribution in [2.45, 2.75) is 32.2 Å². The van der Waals surface area contributed by atoms with E-state index in [4.69, 9.17) is 15.2 Å². The Labute approximate surface area is 102 Å². The predicted molar refractivity (Wildman–Crippen MR) is 66.1 cm³/mol. The third-order valence-electron chi connectivity index (χ3n) is 3.09. The van der Waals surface area contributed by atoms with Gasteiger partial charge in [-0.05, 0) is 37.3 Å². The second-order valence-electron chi connectivity index (χ2n) is 4.31. The van der Waals surface area contributed by atoms with Gasteiger partial charge in [-0.25, -0.2) is 4.98 Å². The van der Waals surface area contributed by atoms with E-state index in [2.05, 4.69) is 11.1 Å². The molecule has 0 amide bonds. The molecular formula is C13H20N2O2. The van der Waals surface area contributed by atoms with Gasteiger partial charge in [0.25, 0.3) is 0 Å². The zero-order valence-corrected chi connectivity index (χ0v) is 10.4. The maximum Gasteiger partial charge on any atom is 0.218 e. The van der Waals surface area contributed by atoms with Crippen molar-refractivity contribution in [3.05, 3.63) is 22.9 Å². The lowest BCUT2D eigenvalue weighted by Gasteiger charge is -2.18. The molecule has 0 spiro atoms. The van der Waals surface area contributed by atoms with Gasteiger partial charge in [0.05, 0.1) is 6.61 Å². The highest BCUT2D eigenvalue weighted by Gasteiger charge is 2.15. The molecule has 4 heteroatoms.